The van der Waals surface area contributed by atoms with Gasteiger partial charge in [-0.05, 0) is 31.9 Å². The van der Waals surface area contributed by atoms with Gasteiger partial charge in [0.1, 0.15) is 5.82 Å². The molecule has 0 atom stereocenters. The third-order valence-electron chi connectivity index (χ3n) is 2.54. The highest BCUT2D eigenvalue weighted by Crippen LogP contribution is 2.21. The summed E-state index contributed by atoms with van der Waals surface area (Å²) in [5.41, 5.74) is 0.652. The Morgan fingerprint density at radius 2 is 1.95 bits per heavy atom. The third kappa shape index (κ3) is 5.72. The topological polar surface area (TPSA) is 29.1 Å². The van der Waals surface area contributed by atoms with Crippen LogP contribution in [-0.4, -0.2) is 18.6 Å². The maximum absolute atomic E-state index is 13.3. The molecule has 2 nitrogen and oxygen atoms in total. The highest BCUT2D eigenvalue weighted by atomic mass is 19.4. The van der Waals surface area contributed by atoms with Gasteiger partial charge in [-0.1, -0.05) is 11.6 Å². The zero-order valence-corrected chi connectivity index (χ0v) is 10.5. The lowest BCUT2D eigenvalue weighted by molar-refractivity contribution is -0.135. The van der Waals surface area contributed by atoms with Crippen molar-refractivity contribution in [3.63, 3.8) is 0 Å². The molecule has 0 heterocycles. The van der Waals surface area contributed by atoms with E-state index < -0.39 is 24.3 Å². The van der Waals surface area contributed by atoms with Crippen LogP contribution in [-0.2, 0) is 0 Å². The number of benzene rings is 1. The smallest absolute Gasteiger partial charge is 0.352 e. The van der Waals surface area contributed by atoms with Crippen molar-refractivity contribution < 1.29 is 22.4 Å². The van der Waals surface area contributed by atoms with Gasteiger partial charge in [0.2, 0.25) is 0 Å². The van der Waals surface area contributed by atoms with Crippen LogP contribution in [0.4, 0.5) is 17.6 Å². The summed E-state index contributed by atoms with van der Waals surface area (Å²) >= 11 is 0. The summed E-state index contributed by atoms with van der Waals surface area (Å²) in [7, 11) is 0. The SMILES string of the molecule is Cc1ccc(F)c(C(=O)NCCCCC(F)(F)F)c1. The Labute approximate surface area is 108 Å². The van der Waals surface area contributed by atoms with Crippen LogP contribution in [0.15, 0.2) is 18.2 Å². The summed E-state index contributed by atoms with van der Waals surface area (Å²) in [6.45, 7) is 1.82. The van der Waals surface area contributed by atoms with Gasteiger partial charge in [0.15, 0.2) is 0 Å². The second kappa shape index (κ2) is 6.54. The van der Waals surface area contributed by atoms with E-state index in [9.17, 15) is 22.4 Å². The molecular formula is C13H15F4NO. The highest BCUT2D eigenvalue weighted by molar-refractivity contribution is 5.94. The number of alkyl halides is 3. The molecule has 1 rings (SSSR count). The molecule has 0 saturated carbocycles. The third-order valence-corrected chi connectivity index (χ3v) is 2.54. The molecule has 0 aromatic heterocycles. The van der Waals surface area contributed by atoms with Gasteiger partial charge in [-0.3, -0.25) is 4.79 Å². The molecule has 0 aliphatic rings. The molecule has 1 aromatic rings. The number of halogens is 4. The van der Waals surface area contributed by atoms with E-state index in [4.69, 9.17) is 0 Å². The monoisotopic (exact) mass is 277 g/mol. The molecule has 0 aliphatic heterocycles. The van der Waals surface area contributed by atoms with E-state index >= 15 is 0 Å². The molecule has 0 spiro atoms. The van der Waals surface area contributed by atoms with Crippen LogP contribution in [0, 0.1) is 12.7 Å². The fourth-order valence-electron chi connectivity index (χ4n) is 1.56. The average molecular weight is 277 g/mol. The molecule has 106 valence electrons. The van der Waals surface area contributed by atoms with Crippen molar-refractivity contribution in [2.45, 2.75) is 32.4 Å². The zero-order valence-electron chi connectivity index (χ0n) is 10.5. The van der Waals surface area contributed by atoms with Crippen LogP contribution in [0.1, 0.15) is 35.2 Å². The van der Waals surface area contributed by atoms with E-state index in [1.54, 1.807) is 6.92 Å². The van der Waals surface area contributed by atoms with Crippen LogP contribution < -0.4 is 5.32 Å². The number of unbranched alkanes of at least 4 members (excludes halogenated alkanes) is 1. The summed E-state index contributed by atoms with van der Waals surface area (Å²) < 4.78 is 48.9. The molecule has 6 heteroatoms. The number of hydrogen-bond acceptors (Lipinski definition) is 1. The number of carbonyl (C=O) groups excluding carboxylic acids is 1. The molecule has 0 saturated heterocycles. The van der Waals surface area contributed by atoms with Crippen LogP contribution >= 0.6 is 0 Å². The van der Waals surface area contributed by atoms with E-state index in [1.807, 2.05) is 0 Å². The van der Waals surface area contributed by atoms with Crippen molar-refractivity contribution in [1.29, 1.82) is 0 Å². The highest BCUT2D eigenvalue weighted by Gasteiger charge is 2.25. The van der Waals surface area contributed by atoms with Gasteiger partial charge in [0.25, 0.3) is 5.91 Å². The Bertz CT molecular complexity index is 443. The minimum atomic E-state index is -4.17. The number of nitrogens with one attached hydrogen (secondary N) is 1. The molecule has 0 unspecified atom stereocenters. The maximum atomic E-state index is 13.3. The molecule has 0 radical (unpaired) electrons. The van der Waals surface area contributed by atoms with E-state index in [2.05, 4.69) is 5.32 Å². The Morgan fingerprint density at radius 1 is 1.26 bits per heavy atom. The molecule has 1 aromatic carbocycles. The van der Waals surface area contributed by atoms with Gasteiger partial charge >= 0.3 is 6.18 Å². The largest absolute Gasteiger partial charge is 0.389 e. The van der Waals surface area contributed by atoms with E-state index in [0.717, 1.165) is 5.56 Å². The second-order valence-corrected chi connectivity index (χ2v) is 4.31. The number of rotatable bonds is 5. The lowest BCUT2D eigenvalue weighted by Gasteiger charge is -2.08. The maximum Gasteiger partial charge on any atom is 0.389 e. The van der Waals surface area contributed by atoms with Gasteiger partial charge in [0.05, 0.1) is 5.56 Å². The van der Waals surface area contributed by atoms with Crippen LogP contribution in [0.5, 0.6) is 0 Å². The second-order valence-electron chi connectivity index (χ2n) is 4.31. The molecular weight excluding hydrogens is 262 g/mol. The van der Waals surface area contributed by atoms with E-state index in [0.29, 0.717) is 0 Å². The minimum Gasteiger partial charge on any atom is -0.352 e. The molecule has 1 amide bonds. The van der Waals surface area contributed by atoms with Crippen LogP contribution in [0.2, 0.25) is 0 Å². The first-order valence-electron chi connectivity index (χ1n) is 5.91. The summed E-state index contributed by atoms with van der Waals surface area (Å²) in [4.78, 5) is 11.6. The molecule has 19 heavy (non-hydrogen) atoms. The first-order chi connectivity index (χ1) is 8.79. The molecule has 1 N–H and O–H groups in total. The van der Waals surface area contributed by atoms with Crippen molar-refractivity contribution in [3.05, 3.63) is 35.1 Å². The van der Waals surface area contributed by atoms with Gasteiger partial charge in [-0.25, -0.2) is 4.39 Å². The lowest BCUT2D eigenvalue weighted by atomic mass is 10.1. The van der Waals surface area contributed by atoms with Crippen molar-refractivity contribution >= 4 is 5.91 Å². The fourth-order valence-corrected chi connectivity index (χ4v) is 1.56. The summed E-state index contributed by atoms with van der Waals surface area (Å²) in [5.74, 6) is -1.24. The minimum absolute atomic E-state index is 0.0555. The van der Waals surface area contributed by atoms with Gasteiger partial charge in [-0.15, -0.1) is 0 Å². The Balaban J connectivity index is 2.38. The first-order valence-corrected chi connectivity index (χ1v) is 5.91. The Kier molecular flexibility index (Phi) is 5.32. The van der Waals surface area contributed by atoms with Gasteiger partial charge in [-0.2, -0.15) is 13.2 Å². The average Bonchev–Trinajstić information content (AvgIpc) is 2.30. The lowest BCUT2D eigenvalue weighted by Crippen LogP contribution is -2.25. The van der Waals surface area contributed by atoms with E-state index in [-0.39, 0.29) is 24.9 Å². The van der Waals surface area contributed by atoms with Crippen molar-refractivity contribution in [3.8, 4) is 0 Å². The Morgan fingerprint density at radius 3 is 2.58 bits per heavy atom. The molecule has 0 bridgehead atoms. The fraction of sp³-hybridized carbons (Fsp3) is 0.462. The van der Waals surface area contributed by atoms with Crippen molar-refractivity contribution in [2.24, 2.45) is 0 Å². The van der Waals surface area contributed by atoms with Crippen LogP contribution in [0.25, 0.3) is 0 Å². The van der Waals surface area contributed by atoms with Gasteiger partial charge in [0, 0.05) is 13.0 Å². The van der Waals surface area contributed by atoms with Crippen molar-refractivity contribution in [1.82, 2.24) is 5.32 Å². The first kappa shape index (κ1) is 15.5. The number of carbonyl (C=O) groups is 1. The summed E-state index contributed by atoms with van der Waals surface area (Å²) in [6.07, 6.45) is -4.90. The normalized spacial score (nSPS) is 11.4. The zero-order chi connectivity index (χ0) is 14.5. The van der Waals surface area contributed by atoms with E-state index in [1.165, 1.54) is 18.2 Å². The molecule has 0 fully saturated rings. The predicted molar refractivity (Wildman–Crippen MR) is 63.4 cm³/mol. The van der Waals surface area contributed by atoms with Crippen molar-refractivity contribution in [2.75, 3.05) is 6.54 Å². The molecule has 0 aliphatic carbocycles. The number of amides is 1. The number of aryl methyl sites for hydroxylation is 1. The number of hydrogen-bond donors (Lipinski definition) is 1. The summed E-state index contributed by atoms with van der Waals surface area (Å²) in [5, 5.41) is 2.41. The predicted octanol–water partition coefficient (Wildman–Crippen LogP) is 3.60. The quantitative estimate of drug-likeness (QED) is 0.646. The standard InChI is InChI=1S/C13H15F4NO/c1-9-4-5-11(14)10(8-9)12(19)18-7-3-2-6-13(15,16)17/h4-5,8H,2-3,6-7H2,1H3,(H,18,19). The van der Waals surface area contributed by atoms with Crippen LogP contribution in [0.3, 0.4) is 0 Å². The van der Waals surface area contributed by atoms with Gasteiger partial charge < -0.3 is 5.32 Å². The Hall–Kier alpha value is -1.59. The summed E-state index contributed by atoms with van der Waals surface area (Å²) in [6, 6.07) is 4.13.